The number of amides is 2. The number of nitrogens with zero attached hydrogens (tertiary/aromatic N) is 2. The number of urea groups is 1. The van der Waals surface area contributed by atoms with Gasteiger partial charge in [0.1, 0.15) is 0 Å². The predicted octanol–water partition coefficient (Wildman–Crippen LogP) is 2.39. The standard InChI is InChI=1S/C19H22N4O5/c1-25-15-7-5-13(9-17(15)27-3)11-20-22-19(24)23-21-12-14-6-8-16(26-2)18(10-14)28-4/h5-12H,1-4H3,(H2,22,23,24)/b20-11-,21-12?. The van der Waals surface area contributed by atoms with Crippen LogP contribution in [0.5, 0.6) is 23.0 Å². The fourth-order valence-corrected chi connectivity index (χ4v) is 2.22. The van der Waals surface area contributed by atoms with E-state index in [1.165, 1.54) is 12.4 Å². The molecule has 0 spiro atoms. The molecule has 0 heterocycles. The van der Waals surface area contributed by atoms with E-state index in [1.54, 1.807) is 64.8 Å². The molecule has 0 fully saturated rings. The number of nitrogens with one attached hydrogen (secondary N) is 2. The summed E-state index contributed by atoms with van der Waals surface area (Å²) in [7, 11) is 6.20. The molecular formula is C19H22N4O5. The molecule has 9 nitrogen and oxygen atoms in total. The largest absolute Gasteiger partial charge is 0.493 e. The highest BCUT2D eigenvalue weighted by atomic mass is 16.5. The first-order chi connectivity index (χ1) is 13.6. The lowest BCUT2D eigenvalue weighted by Crippen LogP contribution is -2.28. The molecule has 0 saturated carbocycles. The average Bonchev–Trinajstić information content (AvgIpc) is 2.73. The van der Waals surface area contributed by atoms with Crippen LogP contribution in [0, 0.1) is 0 Å². The number of rotatable bonds is 8. The van der Waals surface area contributed by atoms with E-state index in [9.17, 15) is 4.79 Å². The van der Waals surface area contributed by atoms with E-state index < -0.39 is 6.03 Å². The summed E-state index contributed by atoms with van der Waals surface area (Å²) in [6.45, 7) is 0. The van der Waals surface area contributed by atoms with Crippen molar-refractivity contribution in [2.75, 3.05) is 28.4 Å². The van der Waals surface area contributed by atoms with Crippen LogP contribution in [0.3, 0.4) is 0 Å². The average molecular weight is 386 g/mol. The molecule has 2 amide bonds. The SMILES string of the molecule is COc1ccc(C=NNC(=O)N/N=C\c2ccc(OC)c(OC)c2)cc1OC. The number of hydrazone groups is 2. The van der Waals surface area contributed by atoms with Crippen LogP contribution < -0.4 is 29.8 Å². The Bertz CT molecular complexity index is 798. The third-order valence-corrected chi connectivity index (χ3v) is 3.57. The second-order valence-electron chi connectivity index (χ2n) is 5.30. The monoisotopic (exact) mass is 386 g/mol. The molecule has 0 unspecified atom stereocenters. The summed E-state index contributed by atoms with van der Waals surface area (Å²) in [6, 6.07) is 9.92. The first-order valence-electron chi connectivity index (χ1n) is 8.17. The molecule has 0 aromatic heterocycles. The molecule has 0 aliphatic carbocycles. The zero-order valence-corrected chi connectivity index (χ0v) is 16.1. The van der Waals surface area contributed by atoms with Crippen LogP contribution in [0.1, 0.15) is 11.1 Å². The molecule has 0 bridgehead atoms. The Morgan fingerprint density at radius 1 is 0.714 bits per heavy atom. The van der Waals surface area contributed by atoms with Gasteiger partial charge in [0.25, 0.3) is 0 Å². The fourth-order valence-electron chi connectivity index (χ4n) is 2.22. The van der Waals surface area contributed by atoms with Gasteiger partial charge < -0.3 is 18.9 Å². The number of ether oxygens (including phenoxy) is 4. The Labute approximate surface area is 162 Å². The van der Waals surface area contributed by atoms with Crippen molar-refractivity contribution >= 4 is 18.5 Å². The van der Waals surface area contributed by atoms with Crippen LogP contribution in [-0.2, 0) is 0 Å². The lowest BCUT2D eigenvalue weighted by molar-refractivity contribution is 0.242. The van der Waals surface area contributed by atoms with Gasteiger partial charge in [-0.15, -0.1) is 0 Å². The van der Waals surface area contributed by atoms with Crippen molar-refractivity contribution in [2.45, 2.75) is 0 Å². The zero-order valence-electron chi connectivity index (χ0n) is 16.1. The first kappa shape index (κ1) is 20.6. The van der Waals surface area contributed by atoms with Crippen LogP contribution in [0.15, 0.2) is 46.6 Å². The molecule has 0 atom stereocenters. The Kier molecular flexibility index (Phi) is 7.64. The Morgan fingerprint density at radius 2 is 1.11 bits per heavy atom. The van der Waals surface area contributed by atoms with Crippen LogP contribution in [0.2, 0.25) is 0 Å². The molecule has 2 rings (SSSR count). The summed E-state index contributed by atoms with van der Waals surface area (Å²) in [4.78, 5) is 11.7. The minimum absolute atomic E-state index is 0.565. The molecule has 148 valence electrons. The van der Waals surface area contributed by atoms with Crippen molar-refractivity contribution in [3.8, 4) is 23.0 Å². The number of hydrogen-bond acceptors (Lipinski definition) is 7. The van der Waals surface area contributed by atoms with Crippen molar-refractivity contribution in [1.29, 1.82) is 0 Å². The molecule has 2 aromatic rings. The number of carbonyl (C=O) groups excluding carboxylic acids is 1. The summed E-state index contributed by atoms with van der Waals surface area (Å²) in [5.41, 5.74) is 6.08. The minimum Gasteiger partial charge on any atom is -0.493 e. The number of carbonyl (C=O) groups is 1. The molecule has 0 aliphatic rings. The highest BCUT2D eigenvalue weighted by Gasteiger charge is 2.04. The Hall–Kier alpha value is -3.75. The van der Waals surface area contributed by atoms with Crippen molar-refractivity contribution < 1.29 is 23.7 Å². The molecular weight excluding hydrogens is 364 g/mol. The second kappa shape index (κ2) is 10.4. The normalized spacial score (nSPS) is 10.7. The van der Waals surface area contributed by atoms with Gasteiger partial charge in [-0.25, -0.2) is 15.6 Å². The summed E-state index contributed by atoms with van der Waals surface area (Å²) < 4.78 is 20.7. The predicted molar refractivity (Wildman–Crippen MR) is 106 cm³/mol. The third kappa shape index (κ3) is 5.63. The smallest absolute Gasteiger partial charge is 0.355 e. The highest BCUT2D eigenvalue weighted by molar-refractivity contribution is 5.84. The summed E-state index contributed by atoms with van der Waals surface area (Å²) in [5, 5.41) is 7.71. The molecule has 0 radical (unpaired) electrons. The molecule has 0 aliphatic heterocycles. The van der Waals surface area contributed by atoms with Gasteiger partial charge in [-0.1, -0.05) is 0 Å². The van der Waals surface area contributed by atoms with Crippen molar-refractivity contribution in [3.63, 3.8) is 0 Å². The maximum Gasteiger partial charge on any atom is 0.355 e. The van der Waals surface area contributed by atoms with Gasteiger partial charge in [-0.3, -0.25) is 0 Å². The Balaban J connectivity index is 1.89. The molecule has 2 N–H and O–H groups in total. The first-order valence-corrected chi connectivity index (χ1v) is 8.17. The van der Waals surface area contributed by atoms with Gasteiger partial charge in [-0.2, -0.15) is 10.2 Å². The number of hydrogen-bond donors (Lipinski definition) is 2. The van der Waals surface area contributed by atoms with E-state index in [1.807, 2.05) is 0 Å². The molecule has 28 heavy (non-hydrogen) atoms. The quantitative estimate of drug-likeness (QED) is 0.536. The second-order valence-corrected chi connectivity index (χ2v) is 5.30. The van der Waals surface area contributed by atoms with Gasteiger partial charge in [0.2, 0.25) is 0 Å². The maximum atomic E-state index is 11.7. The van der Waals surface area contributed by atoms with Crippen molar-refractivity contribution in [3.05, 3.63) is 47.5 Å². The van der Waals surface area contributed by atoms with Crippen molar-refractivity contribution in [1.82, 2.24) is 10.9 Å². The van der Waals surface area contributed by atoms with Crippen molar-refractivity contribution in [2.24, 2.45) is 10.2 Å². The van der Waals surface area contributed by atoms with Gasteiger partial charge in [-0.05, 0) is 47.5 Å². The summed E-state index contributed by atoms with van der Waals surface area (Å²) >= 11 is 0. The maximum absolute atomic E-state index is 11.7. The number of methoxy groups -OCH3 is 4. The van der Waals surface area contributed by atoms with E-state index in [2.05, 4.69) is 21.1 Å². The topological polar surface area (TPSA) is 103 Å². The van der Waals surface area contributed by atoms with Crippen LogP contribution in [-0.4, -0.2) is 46.9 Å². The van der Waals surface area contributed by atoms with Gasteiger partial charge in [0.05, 0.1) is 40.9 Å². The zero-order chi connectivity index (χ0) is 20.4. The Morgan fingerprint density at radius 3 is 1.46 bits per heavy atom. The van der Waals surface area contributed by atoms with E-state index in [0.29, 0.717) is 23.0 Å². The highest BCUT2D eigenvalue weighted by Crippen LogP contribution is 2.27. The van der Waals surface area contributed by atoms with Gasteiger partial charge in [0.15, 0.2) is 23.0 Å². The summed E-state index contributed by atoms with van der Waals surface area (Å²) in [5.74, 6) is 2.34. The van der Waals surface area contributed by atoms with Crippen LogP contribution in [0.25, 0.3) is 0 Å². The van der Waals surface area contributed by atoms with E-state index in [-0.39, 0.29) is 0 Å². The lowest BCUT2D eigenvalue weighted by Gasteiger charge is -2.07. The summed E-state index contributed by atoms with van der Waals surface area (Å²) in [6.07, 6.45) is 2.94. The van der Waals surface area contributed by atoms with Gasteiger partial charge >= 0.3 is 6.03 Å². The van der Waals surface area contributed by atoms with E-state index >= 15 is 0 Å². The fraction of sp³-hybridized carbons (Fsp3) is 0.211. The van der Waals surface area contributed by atoms with Crippen LogP contribution in [0.4, 0.5) is 4.79 Å². The van der Waals surface area contributed by atoms with E-state index in [0.717, 1.165) is 11.1 Å². The minimum atomic E-state index is -0.589. The van der Waals surface area contributed by atoms with Gasteiger partial charge in [0, 0.05) is 0 Å². The number of benzene rings is 2. The molecule has 0 saturated heterocycles. The lowest BCUT2D eigenvalue weighted by atomic mass is 10.2. The van der Waals surface area contributed by atoms with Crippen LogP contribution >= 0.6 is 0 Å². The van der Waals surface area contributed by atoms with E-state index in [4.69, 9.17) is 18.9 Å². The third-order valence-electron chi connectivity index (χ3n) is 3.57. The molecule has 2 aromatic carbocycles. The molecule has 9 heteroatoms.